The molecule has 0 heterocycles. The number of rotatable bonds is 6. The maximum absolute atomic E-state index is 6.03. The Hall–Kier alpha value is 0.400. The normalized spacial score (nSPS) is 25.4. The molecule has 0 unspecified atom stereocenters. The fraction of sp³-hybridized carbons (Fsp3) is 1.00. The molecule has 0 aromatic rings. The smallest absolute Gasteiger partial charge is 0.0780 e. The Morgan fingerprint density at radius 1 is 1.07 bits per heavy atom. The predicted molar refractivity (Wildman–Crippen MR) is 64.5 cm³/mol. The lowest BCUT2D eigenvalue weighted by Crippen LogP contribution is -2.37. The second-order valence-corrected chi connectivity index (χ2v) is 5.36. The van der Waals surface area contributed by atoms with Gasteiger partial charge in [-0.15, -0.1) is 0 Å². The molecule has 0 aromatic heterocycles. The summed E-state index contributed by atoms with van der Waals surface area (Å²) in [6.07, 6.45) is 9.48. The van der Waals surface area contributed by atoms with Crippen molar-refractivity contribution in [3.05, 3.63) is 0 Å². The number of ether oxygens (including phenoxy) is 2. The third-order valence-electron chi connectivity index (χ3n) is 3.38. The van der Waals surface area contributed by atoms with Gasteiger partial charge < -0.3 is 9.47 Å². The van der Waals surface area contributed by atoms with Gasteiger partial charge in [0.2, 0.25) is 0 Å². The lowest BCUT2D eigenvalue weighted by molar-refractivity contribution is -0.0739. The van der Waals surface area contributed by atoms with Crippen molar-refractivity contribution >= 4 is 15.9 Å². The summed E-state index contributed by atoms with van der Waals surface area (Å²) in [7, 11) is 0. The van der Waals surface area contributed by atoms with Crippen LogP contribution in [0.15, 0.2) is 0 Å². The van der Waals surface area contributed by atoms with E-state index in [1.807, 2.05) is 0 Å². The first-order valence-corrected chi connectivity index (χ1v) is 7.28. The average molecular weight is 277 g/mol. The standard InChI is InChI=1S/C12H21BrO2/c13-10-12(6-2-1-3-7-12)15-9-8-14-11-4-5-11/h11H,1-10H2. The number of hydrogen-bond donors (Lipinski definition) is 0. The summed E-state index contributed by atoms with van der Waals surface area (Å²) in [6.45, 7) is 1.54. The molecule has 2 aliphatic rings. The maximum atomic E-state index is 6.03. The molecule has 15 heavy (non-hydrogen) atoms. The van der Waals surface area contributed by atoms with E-state index in [0.717, 1.165) is 18.5 Å². The first-order chi connectivity index (χ1) is 7.35. The predicted octanol–water partition coefficient (Wildman–Crippen LogP) is 3.28. The number of halogens is 1. The fourth-order valence-electron chi connectivity index (χ4n) is 2.22. The van der Waals surface area contributed by atoms with Gasteiger partial charge in [0.15, 0.2) is 0 Å². The highest BCUT2D eigenvalue weighted by Gasteiger charge is 2.31. The zero-order chi connectivity index (χ0) is 10.6. The van der Waals surface area contributed by atoms with Crippen LogP contribution < -0.4 is 0 Å². The zero-order valence-corrected chi connectivity index (χ0v) is 10.9. The molecule has 3 heteroatoms. The summed E-state index contributed by atoms with van der Waals surface area (Å²) >= 11 is 3.60. The van der Waals surface area contributed by atoms with Gasteiger partial charge in [0.05, 0.1) is 24.9 Å². The molecule has 2 rings (SSSR count). The Labute approximate surface area is 101 Å². The second kappa shape index (κ2) is 5.65. The molecule has 88 valence electrons. The van der Waals surface area contributed by atoms with Crippen LogP contribution in [0, 0.1) is 0 Å². The van der Waals surface area contributed by atoms with Gasteiger partial charge in [-0.2, -0.15) is 0 Å². The molecule has 0 atom stereocenters. The Bertz CT molecular complexity index is 186. The van der Waals surface area contributed by atoms with Gasteiger partial charge >= 0.3 is 0 Å². The van der Waals surface area contributed by atoms with E-state index >= 15 is 0 Å². The minimum atomic E-state index is 0.116. The molecule has 0 aromatic carbocycles. The summed E-state index contributed by atoms with van der Waals surface area (Å²) in [5.41, 5.74) is 0.116. The van der Waals surface area contributed by atoms with E-state index in [-0.39, 0.29) is 5.60 Å². The average Bonchev–Trinajstić information content (AvgIpc) is 3.10. The van der Waals surface area contributed by atoms with Crippen LogP contribution in [0.5, 0.6) is 0 Å². The van der Waals surface area contributed by atoms with E-state index in [1.165, 1.54) is 44.9 Å². The summed E-state index contributed by atoms with van der Waals surface area (Å²) in [6, 6.07) is 0. The maximum Gasteiger partial charge on any atom is 0.0780 e. The largest absolute Gasteiger partial charge is 0.376 e. The molecule has 0 saturated heterocycles. The SMILES string of the molecule is BrCC1(OCCOC2CC2)CCCCC1. The molecule has 2 fully saturated rings. The molecule has 0 spiro atoms. The van der Waals surface area contributed by atoms with Crippen LogP contribution in [0.3, 0.4) is 0 Å². The van der Waals surface area contributed by atoms with Crippen LogP contribution in [0.4, 0.5) is 0 Å². The summed E-state index contributed by atoms with van der Waals surface area (Å²) in [5, 5.41) is 0.976. The third-order valence-corrected chi connectivity index (χ3v) is 4.40. The van der Waals surface area contributed by atoms with Crippen LogP contribution in [0.25, 0.3) is 0 Å². The van der Waals surface area contributed by atoms with Crippen molar-refractivity contribution in [2.24, 2.45) is 0 Å². The summed E-state index contributed by atoms with van der Waals surface area (Å²) in [5.74, 6) is 0. The van der Waals surface area contributed by atoms with Gasteiger partial charge in [0.1, 0.15) is 0 Å². The molecule has 2 saturated carbocycles. The van der Waals surface area contributed by atoms with Crippen molar-refractivity contribution < 1.29 is 9.47 Å². The van der Waals surface area contributed by atoms with E-state index in [9.17, 15) is 0 Å². The monoisotopic (exact) mass is 276 g/mol. The molecule has 0 N–H and O–H groups in total. The van der Waals surface area contributed by atoms with Crippen LogP contribution >= 0.6 is 15.9 Å². The van der Waals surface area contributed by atoms with Gasteiger partial charge in [-0.25, -0.2) is 0 Å². The highest BCUT2D eigenvalue weighted by atomic mass is 79.9. The lowest BCUT2D eigenvalue weighted by Gasteiger charge is -2.35. The third kappa shape index (κ3) is 3.72. The Morgan fingerprint density at radius 2 is 1.80 bits per heavy atom. The van der Waals surface area contributed by atoms with E-state index in [0.29, 0.717) is 6.10 Å². The fourth-order valence-corrected chi connectivity index (χ4v) is 2.94. The van der Waals surface area contributed by atoms with Crippen molar-refractivity contribution in [1.82, 2.24) is 0 Å². The van der Waals surface area contributed by atoms with Crippen LogP contribution in [0.2, 0.25) is 0 Å². The summed E-state index contributed by atoms with van der Waals surface area (Å²) in [4.78, 5) is 0. The van der Waals surface area contributed by atoms with Gasteiger partial charge in [-0.3, -0.25) is 0 Å². The Kier molecular flexibility index (Phi) is 4.47. The molecule has 0 aliphatic heterocycles. The van der Waals surface area contributed by atoms with Crippen LogP contribution in [0.1, 0.15) is 44.9 Å². The minimum Gasteiger partial charge on any atom is -0.376 e. The van der Waals surface area contributed by atoms with Gasteiger partial charge in [0.25, 0.3) is 0 Å². The van der Waals surface area contributed by atoms with Crippen molar-refractivity contribution in [2.45, 2.75) is 56.7 Å². The van der Waals surface area contributed by atoms with Crippen LogP contribution in [-0.4, -0.2) is 30.2 Å². The van der Waals surface area contributed by atoms with Gasteiger partial charge in [-0.05, 0) is 25.7 Å². The molecular formula is C12H21BrO2. The lowest BCUT2D eigenvalue weighted by atomic mass is 9.86. The quantitative estimate of drug-likeness (QED) is 0.548. The second-order valence-electron chi connectivity index (χ2n) is 4.80. The van der Waals surface area contributed by atoms with E-state index in [1.54, 1.807) is 0 Å². The molecular weight excluding hydrogens is 256 g/mol. The number of hydrogen-bond acceptors (Lipinski definition) is 2. The highest BCUT2D eigenvalue weighted by Crippen LogP contribution is 2.33. The molecule has 2 aliphatic carbocycles. The van der Waals surface area contributed by atoms with E-state index < -0.39 is 0 Å². The topological polar surface area (TPSA) is 18.5 Å². The first kappa shape index (κ1) is 11.9. The van der Waals surface area contributed by atoms with Gasteiger partial charge in [0, 0.05) is 5.33 Å². The summed E-state index contributed by atoms with van der Waals surface area (Å²) < 4.78 is 11.6. The minimum absolute atomic E-state index is 0.116. The first-order valence-electron chi connectivity index (χ1n) is 6.16. The van der Waals surface area contributed by atoms with Gasteiger partial charge in [-0.1, -0.05) is 35.2 Å². The van der Waals surface area contributed by atoms with Crippen molar-refractivity contribution in [3.63, 3.8) is 0 Å². The van der Waals surface area contributed by atoms with Crippen molar-refractivity contribution in [3.8, 4) is 0 Å². The van der Waals surface area contributed by atoms with E-state index in [4.69, 9.17) is 9.47 Å². The van der Waals surface area contributed by atoms with E-state index in [2.05, 4.69) is 15.9 Å². The molecule has 0 radical (unpaired) electrons. The number of alkyl halides is 1. The van der Waals surface area contributed by atoms with Crippen molar-refractivity contribution in [1.29, 1.82) is 0 Å². The Balaban J connectivity index is 1.64. The zero-order valence-electron chi connectivity index (χ0n) is 9.34. The Morgan fingerprint density at radius 3 is 2.40 bits per heavy atom. The molecule has 0 bridgehead atoms. The molecule has 2 nitrogen and oxygen atoms in total. The van der Waals surface area contributed by atoms with Crippen molar-refractivity contribution in [2.75, 3.05) is 18.5 Å². The van der Waals surface area contributed by atoms with Crippen LogP contribution in [-0.2, 0) is 9.47 Å². The molecule has 0 amide bonds. The highest BCUT2D eigenvalue weighted by molar-refractivity contribution is 9.09.